The molecule has 0 radical (unpaired) electrons. The number of thiocarbonyl (C=S) groups is 1. The molecule has 0 spiro atoms. The molecule has 1 aromatic rings. The third kappa shape index (κ3) is 3.92. The Balaban J connectivity index is 2.09. The van der Waals surface area contributed by atoms with Crippen molar-refractivity contribution < 1.29 is 8.42 Å². The average molecular weight is 316 g/mol. The van der Waals surface area contributed by atoms with Crippen LogP contribution in [0, 0.1) is 0 Å². The first kappa shape index (κ1) is 14.8. The van der Waals surface area contributed by atoms with Crippen molar-refractivity contribution in [2.24, 2.45) is 5.73 Å². The molecule has 0 atom stereocenters. The van der Waals surface area contributed by atoms with Gasteiger partial charge in [0.15, 0.2) is 0 Å². The minimum absolute atomic E-state index is 0.0370. The number of thioether (sulfide) groups is 1. The number of hydrogen-bond acceptors (Lipinski definition) is 4. The van der Waals surface area contributed by atoms with Crippen LogP contribution in [-0.2, 0) is 15.8 Å². The number of benzene rings is 1. The Morgan fingerprint density at radius 1 is 1.26 bits per heavy atom. The summed E-state index contributed by atoms with van der Waals surface area (Å²) in [5, 5.41) is 0. The Morgan fingerprint density at radius 2 is 1.84 bits per heavy atom. The molecule has 2 N–H and O–H groups in total. The van der Waals surface area contributed by atoms with Crippen molar-refractivity contribution in [1.29, 1.82) is 0 Å². The fourth-order valence-corrected chi connectivity index (χ4v) is 4.70. The summed E-state index contributed by atoms with van der Waals surface area (Å²) < 4.78 is 26.1. The van der Waals surface area contributed by atoms with Crippen LogP contribution in [0.15, 0.2) is 24.3 Å². The fourth-order valence-electron chi connectivity index (χ4n) is 1.89. The number of nitrogens with two attached hydrogens (primary N) is 1. The second-order valence-corrected chi connectivity index (χ2v) is 7.96. The SMILES string of the molecule is NC(=S)c1ccc(CS(=O)(=O)N2CCSCC2)cc1. The van der Waals surface area contributed by atoms with Crippen molar-refractivity contribution in [3.8, 4) is 0 Å². The molecule has 4 nitrogen and oxygen atoms in total. The molecule has 1 aliphatic rings. The van der Waals surface area contributed by atoms with E-state index in [4.69, 9.17) is 18.0 Å². The van der Waals surface area contributed by atoms with E-state index in [1.54, 1.807) is 40.3 Å². The van der Waals surface area contributed by atoms with Crippen LogP contribution in [0.25, 0.3) is 0 Å². The summed E-state index contributed by atoms with van der Waals surface area (Å²) in [5.41, 5.74) is 7.03. The van der Waals surface area contributed by atoms with Crippen LogP contribution in [0.5, 0.6) is 0 Å². The maximum atomic E-state index is 12.2. The van der Waals surface area contributed by atoms with E-state index >= 15 is 0 Å². The highest BCUT2D eigenvalue weighted by Crippen LogP contribution is 2.17. The zero-order chi connectivity index (χ0) is 13.9. The lowest BCUT2D eigenvalue weighted by Gasteiger charge is -2.25. The molecule has 7 heteroatoms. The first-order chi connectivity index (χ1) is 8.99. The van der Waals surface area contributed by atoms with Crippen molar-refractivity contribution in [2.75, 3.05) is 24.6 Å². The first-order valence-corrected chi connectivity index (χ1v) is 9.10. The topological polar surface area (TPSA) is 63.4 Å². The second kappa shape index (κ2) is 6.21. The molecule has 0 amide bonds. The van der Waals surface area contributed by atoms with E-state index in [1.165, 1.54) is 0 Å². The van der Waals surface area contributed by atoms with Crippen LogP contribution < -0.4 is 5.73 Å². The fraction of sp³-hybridized carbons (Fsp3) is 0.417. The highest BCUT2D eigenvalue weighted by Gasteiger charge is 2.24. The number of sulfonamides is 1. The Kier molecular flexibility index (Phi) is 4.83. The maximum absolute atomic E-state index is 12.2. The lowest BCUT2D eigenvalue weighted by atomic mass is 10.1. The standard InChI is InChI=1S/C12H16N2O2S3/c13-12(17)11-3-1-10(2-4-11)9-19(15,16)14-5-7-18-8-6-14/h1-4H,5-9H2,(H2,13,17). The van der Waals surface area contributed by atoms with Crippen molar-refractivity contribution in [2.45, 2.75) is 5.75 Å². The van der Waals surface area contributed by atoms with Crippen LogP contribution in [-0.4, -0.2) is 42.3 Å². The second-order valence-electron chi connectivity index (χ2n) is 4.33. The van der Waals surface area contributed by atoms with Gasteiger partial charge in [0, 0.05) is 30.2 Å². The van der Waals surface area contributed by atoms with Gasteiger partial charge < -0.3 is 5.73 Å². The monoisotopic (exact) mass is 316 g/mol. The van der Waals surface area contributed by atoms with E-state index in [9.17, 15) is 8.42 Å². The molecule has 1 saturated heterocycles. The van der Waals surface area contributed by atoms with Gasteiger partial charge in [-0.1, -0.05) is 36.5 Å². The quantitative estimate of drug-likeness (QED) is 0.846. The van der Waals surface area contributed by atoms with E-state index < -0.39 is 10.0 Å². The molecule has 104 valence electrons. The summed E-state index contributed by atoms with van der Waals surface area (Å²) in [6.07, 6.45) is 0. The molecule has 0 aliphatic carbocycles. The van der Waals surface area contributed by atoms with Crippen LogP contribution >= 0.6 is 24.0 Å². The van der Waals surface area contributed by atoms with Gasteiger partial charge in [0.25, 0.3) is 0 Å². The molecular weight excluding hydrogens is 300 g/mol. The highest BCUT2D eigenvalue weighted by molar-refractivity contribution is 7.99. The third-order valence-electron chi connectivity index (χ3n) is 2.95. The zero-order valence-corrected chi connectivity index (χ0v) is 12.9. The van der Waals surface area contributed by atoms with Gasteiger partial charge in [-0.2, -0.15) is 16.1 Å². The lowest BCUT2D eigenvalue weighted by molar-refractivity contribution is 0.443. The normalized spacial score (nSPS) is 17.3. The van der Waals surface area contributed by atoms with Crippen LogP contribution in [0.3, 0.4) is 0 Å². The Labute approximate surface area is 123 Å². The molecule has 0 saturated carbocycles. The van der Waals surface area contributed by atoms with Gasteiger partial charge in [-0.3, -0.25) is 0 Å². The van der Waals surface area contributed by atoms with Gasteiger partial charge in [0.2, 0.25) is 10.0 Å². The highest BCUT2D eigenvalue weighted by atomic mass is 32.2. The molecule has 1 heterocycles. The van der Waals surface area contributed by atoms with Crippen molar-refractivity contribution >= 4 is 39.0 Å². The molecular formula is C12H16N2O2S3. The summed E-state index contributed by atoms with van der Waals surface area (Å²) in [4.78, 5) is 0.322. The van der Waals surface area contributed by atoms with E-state index in [1.807, 2.05) is 0 Å². The van der Waals surface area contributed by atoms with Crippen molar-refractivity contribution in [3.63, 3.8) is 0 Å². The van der Waals surface area contributed by atoms with Gasteiger partial charge in [0.1, 0.15) is 4.99 Å². The molecule has 0 bridgehead atoms. The summed E-state index contributed by atoms with van der Waals surface area (Å²) in [6, 6.07) is 7.06. The van der Waals surface area contributed by atoms with E-state index in [-0.39, 0.29) is 5.75 Å². The van der Waals surface area contributed by atoms with Gasteiger partial charge >= 0.3 is 0 Å². The molecule has 1 fully saturated rings. The maximum Gasteiger partial charge on any atom is 0.218 e. The van der Waals surface area contributed by atoms with E-state index in [0.29, 0.717) is 18.1 Å². The molecule has 19 heavy (non-hydrogen) atoms. The average Bonchev–Trinajstić information content (AvgIpc) is 2.40. The predicted molar refractivity (Wildman–Crippen MR) is 83.9 cm³/mol. The molecule has 0 unspecified atom stereocenters. The van der Waals surface area contributed by atoms with Gasteiger partial charge in [-0.25, -0.2) is 8.42 Å². The Morgan fingerprint density at radius 3 is 2.37 bits per heavy atom. The van der Waals surface area contributed by atoms with Gasteiger partial charge in [-0.05, 0) is 5.56 Å². The first-order valence-electron chi connectivity index (χ1n) is 5.93. The largest absolute Gasteiger partial charge is 0.389 e. The predicted octanol–water partition coefficient (Wildman–Crippen LogP) is 1.20. The van der Waals surface area contributed by atoms with Gasteiger partial charge in [0.05, 0.1) is 5.75 Å². The summed E-state index contributed by atoms with van der Waals surface area (Å²) in [6.45, 7) is 1.22. The molecule has 1 aliphatic heterocycles. The van der Waals surface area contributed by atoms with Crippen LogP contribution in [0.4, 0.5) is 0 Å². The Bertz CT molecular complexity index is 549. The number of nitrogens with zero attached hydrogens (tertiary/aromatic N) is 1. The minimum Gasteiger partial charge on any atom is -0.389 e. The molecule has 2 rings (SSSR count). The number of hydrogen-bond donors (Lipinski definition) is 1. The molecule has 1 aromatic carbocycles. The zero-order valence-electron chi connectivity index (χ0n) is 10.4. The molecule has 0 aromatic heterocycles. The van der Waals surface area contributed by atoms with E-state index in [2.05, 4.69) is 0 Å². The third-order valence-corrected chi connectivity index (χ3v) is 5.98. The minimum atomic E-state index is -3.21. The van der Waals surface area contributed by atoms with Crippen LogP contribution in [0.2, 0.25) is 0 Å². The lowest BCUT2D eigenvalue weighted by Crippen LogP contribution is -2.38. The van der Waals surface area contributed by atoms with Crippen molar-refractivity contribution in [3.05, 3.63) is 35.4 Å². The van der Waals surface area contributed by atoms with Crippen molar-refractivity contribution in [1.82, 2.24) is 4.31 Å². The summed E-state index contributed by atoms with van der Waals surface area (Å²) in [7, 11) is -3.21. The van der Waals surface area contributed by atoms with Crippen LogP contribution in [0.1, 0.15) is 11.1 Å². The van der Waals surface area contributed by atoms with Gasteiger partial charge in [-0.15, -0.1) is 0 Å². The number of rotatable bonds is 4. The smallest absolute Gasteiger partial charge is 0.218 e. The summed E-state index contributed by atoms with van der Waals surface area (Å²) in [5.74, 6) is 1.79. The van der Waals surface area contributed by atoms with E-state index in [0.717, 1.165) is 22.6 Å². The Hall–Kier alpha value is -0.630. The summed E-state index contributed by atoms with van der Waals surface area (Å²) >= 11 is 6.66.